The van der Waals surface area contributed by atoms with Crippen LogP contribution in [0.25, 0.3) is 23.6 Å². The van der Waals surface area contributed by atoms with Gasteiger partial charge in [0.1, 0.15) is 12.1 Å². The summed E-state index contributed by atoms with van der Waals surface area (Å²) in [4.78, 5) is 10.2. The third kappa shape index (κ3) is 4.12. The molecule has 5 nitrogen and oxygen atoms in total. The lowest BCUT2D eigenvalue weighted by Gasteiger charge is -1.95. The Balaban J connectivity index is 1.37. The number of nitrogens with one attached hydrogen (secondary N) is 1. The van der Waals surface area contributed by atoms with Crippen LogP contribution in [0.2, 0.25) is 0 Å². The van der Waals surface area contributed by atoms with Crippen LogP contribution >= 0.6 is 23.1 Å². The highest BCUT2D eigenvalue weighted by Crippen LogP contribution is 2.23. The van der Waals surface area contributed by atoms with E-state index < -0.39 is 0 Å². The van der Waals surface area contributed by atoms with E-state index in [1.54, 1.807) is 17.6 Å². The van der Waals surface area contributed by atoms with Crippen LogP contribution in [-0.2, 0) is 5.75 Å². The first kappa shape index (κ1) is 16.8. The normalized spacial score (nSPS) is 11.4. The lowest BCUT2D eigenvalue weighted by Crippen LogP contribution is -1.83. The molecule has 0 aliphatic rings. The van der Waals surface area contributed by atoms with Crippen molar-refractivity contribution in [2.45, 2.75) is 17.8 Å². The molecule has 0 fully saturated rings. The number of oxazole rings is 1. The van der Waals surface area contributed by atoms with Crippen LogP contribution in [0.5, 0.6) is 0 Å². The Bertz CT molecular complexity index is 1000. The molecule has 0 atom stereocenters. The van der Waals surface area contributed by atoms with E-state index in [4.69, 9.17) is 4.42 Å². The summed E-state index contributed by atoms with van der Waals surface area (Å²) in [6.07, 6.45) is 5.63. The standard InChI is InChI=1S/C19H16N4OS2/c1-13-4-6-14(7-5-13)18-20-15(11-24-18)12-26-19-21-17(22-23-19)9-8-16-3-2-10-25-16/h2-11H,12H2,1H3,(H,21,22,23)/b9-8+. The number of aromatic nitrogens is 4. The minimum absolute atomic E-state index is 0.634. The molecule has 0 aliphatic carbocycles. The fraction of sp³-hybridized carbons (Fsp3) is 0.105. The smallest absolute Gasteiger partial charge is 0.226 e. The van der Waals surface area contributed by atoms with Gasteiger partial charge >= 0.3 is 0 Å². The van der Waals surface area contributed by atoms with E-state index in [1.807, 2.05) is 47.9 Å². The van der Waals surface area contributed by atoms with Gasteiger partial charge in [0.2, 0.25) is 11.0 Å². The number of aryl methyl sites for hydroxylation is 1. The highest BCUT2D eigenvalue weighted by molar-refractivity contribution is 7.98. The first-order valence-electron chi connectivity index (χ1n) is 8.04. The number of hydrogen-bond donors (Lipinski definition) is 1. The zero-order valence-electron chi connectivity index (χ0n) is 14.0. The van der Waals surface area contributed by atoms with Gasteiger partial charge in [0.05, 0.1) is 5.69 Å². The summed E-state index contributed by atoms with van der Waals surface area (Å²) in [7, 11) is 0. The summed E-state index contributed by atoms with van der Waals surface area (Å²) < 4.78 is 5.58. The van der Waals surface area contributed by atoms with Crippen LogP contribution in [0, 0.1) is 6.92 Å². The van der Waals surface area contributed by atoms with Gasteiger partial charge in [-0.2, -0.15) is 0 Å². The summed E-state index contributed by atoms with van der Waals surface area (Å²) in [6, 6.07) is 12.2. The number of thioether (sulfide) groups is 1. The van der Waals surface area contributed by atoms with Gasteiger partial charge in [0, 0.05) is 16.2 Å². The Morgan fingerprint density at radius 1 is 1.15 bits per heavy atom. The second-order valence-electron chi connectivity index (χ2n) is 5.65. The van der Waals surface area contributed by atoms with Crippen LogP contribution in [0.3, 0.4) is 0 Å². The van der Waals surface area contributed by atoms with Gasteiger partial charge in [0.15, 0.2) is 0 Å². The van der Waals surface area contributed by atoms with Gasteiger partial charge < -0.3 is 4.42 Å². The quantitative estimate of drug-likeness (QED) is 0.460. The highest BCUT2D eigenvalue weighted by atomic mass is 32.2. The van der Waals surface area contributed by atoms with Crippen molar-refractivity contribution in [1.29, 1.82) is 0 Å². The maximum absolute atomic E-state index is 5.58. The summed E-state index contributed by atoms with van der Waals surface area (Å²) in [6.45, 7) is 2.06. The summed E-state index contributed by atoms with van der Waals surface area (Å²) in [5, 5.41) is 9.90. The average Bonchev–Trinajstić information content (AvgIpc) is 3.40. The number of H-pyrrole nitrogens is 1. The molecule has 1 aromatic carbocycles. The van der Waals surface area contributed by atoms with Crippen molar-refractivity contribution in [1.82, 2.24) is 20.2 Å². The first-order chi connectivity index (χ1) is 12.8. The number of nitrogens with zero attached hydrogens (tertiary/aromatic N) is 3. The number of thiophene rings is 1. The topological polar surface area (TPSA) is 67.6 Å². The van der Waals surface area contributed by atoms with Crippen molar-refractivity contribution >= 4 is 35.3 Å². The molecule has 4 aromatic rings. The van der Waals surface area contributed by atoms with Gasteiger partial charge in [0.25, 0.3) is 0 Å². The van der Waals surface area contributed by atoms with Gasteiger partial charge in [-0.05, 0) is 42.7 Å². The van der Waals surface area contributed by atoms with Crippen LogP contribution in [0.4, 0.5) is 0 Å². The maximum Gasteiger partial charge on any atom is 0.226 e. The molecule has 3 aromatic heterocycles. The van der Waals surface area contributed by atoms with Gasteiger partial charge in [-0.15, -0.1) is 16.4 Å². The number of benzene rings is 1. The van der Waals surface area contributed by atoms with Gasteiger partial charge in [-0.3, -0.25) is 5.10 Å². The lowest BCUT2D eigenvalue weighted by molar-refractivity contribution is 0.573. The molecule has 7 heteroatoms. The third-order valence-corrected chi connectivity index (χ3v) is 5.35. The van der Waals surface area contributed by atoms with E-state index >= 15 is 0 Å². The Morgan fingerprint density at radius 3 is 2.85 bits per heavy atom. The molecule has 0 unspecified atom stereocenters. The van der Waals surface area contributed by atoms with Crippen LogP contribution in [-0.4, -0.2) is 20.2 Å². The molecule has 3 heterocycles. The Labute approximate surface area is 159 Å². The second kappa shape index (κ2) is 7.72. The number of aromatic amines is 1. The fourth-order valence-electron chi connectivity index (χ4n) is 2.28. The van der Waals surface area contributed by atoms with E-state index in [0.717, 1.165) is 17.1 Å². The summed E-state index contributed by atoms with van der Waals surface area (Å²) >= 11 is 3.21. The van der Waals surface area contributed by atoms with Crippen molar-refractivity contribution in [2.75, 3.05) is 0 Å². The molecular formula is C19H16N4OS2. The minimum Gasteiger partial charge on any atom is -0.444 e. The van der Waals surface area contributed by atoms with E-state index in [-0.39, 0.29) is 0 Å². The molecular weight excluding hydrogens is 364 g/mol. The Hall–Kier alpha value is -2.64. The molecule has 0 bridgehead atoms. The second-order valence-corrected chi connectivity index (χ2v) is 7.57. The molecule has 0 saturated heterocycles. The monoisotopic (exact) mass is 380 g/mol. The van der Waals surface area contributed by atoms with E-state index in [1.165, 1.54) is 22.2 Å². The van der Waals surface area contributed by atoms with Gasteiger partial charge in [-0.1, -0.05) is 35.5 Å². The molecule has 0 spiro atoms. The van der Waals surface area contributed by atoms with Crippen LogP contribution < -0.4 is 0 Å². The summed E-state index contributed by atoms with van der Waals surface area (Å²) in [5.41, 5.74) is 3.06. The fourth-order valence-corrected chi connectivity index (χ4v) is 3.59. The van der Waals surface area contributed by atoms with Crippen molar-refractivity contribution in [3.63, 3.8) is 0 Å². The van der Waals surface area contributed by atoms with E-state index in [9.17, 15) is 0 Å². The highest BCUT2D eigenvalue weighted by Gasteiger charge is 2.09. The van der Waals surface area contributed by atoms with Crippen molar-refractivity contribution < 1.29 is 4.42 Å². The number of rotatable bonds is 6. The number of hydrogen-bond acceptors (Lipinski definition) is 6. The Kier molecular flexibility index (Phi) is 4.99. The molecule has 26 heavy (non-hydrogen) atoms. The van der Waals surface area contributed by atoms with E-state index in [0.29, 0.717) is 16.8 Å². The molecule has 0 radical (unpaired) electrons. The van der Waals surface area contributed by atoms with Crippen LogP contribution in [0.15, 0.2) is 57.6 Å². The molecule has 130 valence electrons. The largest absolute Gasteiger partial charge is 0.444 e. The van der Waals surface area contributed by atoms with Gasteiger partial charge in [-0.25, -0.2) is 9.97 Å². The zero-order chi connectivity index (χ0) is 17.8. The molecule has 0 saturated carbocycles. The van der Waals surface area contributed by atoms with Crippen molar-refractivity contribution in [3.8, 4) is 11.5 Å². The van der Waals surface area contributed by atoms with Crippen molar-refractivity contribution in [3.05, 3.63) is 70.0 Å². The predicted molar refractivity (Wildman–Crippen MR) is 106 cm³/mol. The van der Waals surface area contributed by atoms with Crippen molar-refractivity contribution in [2.24, 2.45) is 0 Å². The molecule has 0 amide bonds. The lowest BCUT2D eigenvalue weighted by atomic mass is 10.1. The zero-order valence-corrected chi connectivity index (χ0v) is 15.7. The molecule has 1 N–H and O–H groups in total. The van der Waals surface area contributed by atoms with Crippen LogP contribution in [0.1, 0.15) is 22.0 Å². The average molecular weight is 380 g/mol. The molecule has 0 aliphatic heterocycles. The first-order valence-corrected chi connectivity index (χ1v) is 9.91. The predicted octanol–water partition coefficient (Wildman–Crippen LogP) is 5.29. The van der Waals surface area contributed by atoms with E-state index in [2.05, 4.69) is 33.2 Å². The molecule has 4 rings (SSSR count). The maximum atomic E-state index is 5.58. The third-order valence-electron chi connectivity index (χ3n) is 3.63. The minimum atomic E-state index is 0.634. The Morgan fingerprint density at radius 2 is 2.04 bits per heavy atom. The SMILES string of the molecule is Cc1ccc(-c2nc(CSc3n[nH]c(/C=C/c4cccs4)n3)co2)cc1. The summed E-state index contributed by atoms with van der Waals surface area (Å²) in [5.74, 6) is 2.03.